The molecule has 0 amide bonds. The van der Waals surface area contributed by atoms with Crippen LogP contribution in [0.15, 0.2) is 24.3 Å². The third-order valence-corrected chi connectivity index (χ3v) is 2.59. The van der Waals surface area contributed by atoms with Crippen LogP contribution in [-0.2, 0) is 6.42 Å². The number of anilines is 1. The number of benzene rings is 1. The maximum Gasteiger partial charge on any atom is 0.0396 e. The predicted molar refractivity (Wildman–Crippen MR) is 80.0 cm³/mol. The lowest BCUT2D eigenvalue weighted by atomic mass is 10.1. The SMILES string of the molecule is CC.CCC.CN1CCCCc2ccccc21. The molecule has 98 valence electrons. The van der Waals surface area contributed by atoms with Crippen LogP contribution in [0.1, 0.15) is 52.5 Å². The molecule has 0 aromatic heterocycles. The second-order valence-corrected chi connectivity index (χ2v) is 4.21. The molecule has 0 spiro atoms. The summed E-state index contributed by atoms with van der Waals surface area (Å²) in [5.41, 5.74) is 2.94. The summed E-state index contributed by atoms with van der Waals surface area (Å²) in [6.07, 6.45) is 5.16. The van der Waals surface area contributed by atoms with E-state index in [0.717, 1.165) is 0 Å². The van der Waals surface area contributed by atoms with Gasteiger partial charge in [0.05, 0.1) is 0 Å². The highest BCUT2D eigenvalue weighted by Gasteiger charge is 2.09. The largest absolute Gasteiger partial charge is 0.374 e. The maximum atomic E-state index is 2.36. The van der Waals surface area contributed by atoms with Gasteiger partial charge in [0.25, 0.3) is 0 Å². The van der Waals surface area contributed by atoms with Crippen molar-refractivity contribution in [2.45, 2.75) is 53.4 Å². The highest BCUT2D eigenvalue weighted by molar-refractivity contribution is 5.53. The molecule has 1 aliphatic rings. The van der Waals surface area contributed by atoms with Crippen LogP contribution in [0.25, 0.3) is 0 Å². The van der Waals surface area contributed by atoms with E-state index in [1.54, 1.807) is 0 Å². The molecule has 1 aromatic rings. The minimum absolute atomic E-state index is 1.21. The van der Waals surface area contributed by atoms with Gasteiger partial charge in [0.15, 0.2) is 0 Å². The second kappa shape index (κ2) is 10.2. The highest BCUT2D eigenvalue weighted by atomic mass is 15.1. The Bertz CT molecular complexity index is 281. The van der Waals surface area contributed by atoms with Gasteiger partial charge in [-0.1, -0.05) is 52.3 Å². The minimum atomic E-state index is 1.21. The zero-order valence-electron chi connectivity index (χ0n) is 12.3. The van der Waals surface area contributed by atoms with Gasteiger partial charge in [0.2, 0.25) is 0 Å². The van der Waals surface area contributed by atoms with Gasteiger partial charge >= 0.3 is 0 Å². The van der Waals surface area contributed by atoms with E-state index in [1.807, 2.05) is 13.8 Å². The second-order valence-electron chi connectivity index (χ2n) is 4.21. The lowest BCUT2D eigenvalue weighted by molar-refractivity contribution is 0.750. The van der Waals surface area contributed by atoms with Gasteiger partial charge < -0.3 is 4.90 Å². The van der Waals surface area contributed by atoms with Crippen LogP contribution in [0.3, 0.4) is 0 Å². The van der Waals surface area contributed by atoms with Crippen LogP contribution in [0, 0.1) is 0 Å². The Morgan fingerprint density at radius 1 is 1.06 bits per heavy atom. The first-order valence-corrected chi connectivity index (χ1v) is 7.08. The Morgan fingerprint density at radius 2 is 1.65 bits per heavy atom. The fourth-order valence-electron chi connectivity index (χ4n) is 1.88. The van der Waals surface area contributed by atoms with Crippen molar-refractivity contribution < 1.29 is 0 Å². The molecule has 0 saturated carbocycles. The van der Waals surface area contributed by atoms with Gasteiger partial charge in [-0.3, -0.25) is 0 Å². The van der Waals surface area contributed by atoms with Gasteiger partial charge in [-0.2, -0.15) is 0 Å². The quantitative estimate of drug-likeness (QED) is 0.618. The van der Waals surface area contributed by atoms with Crippen molar-refractivity contribution in [2.24, 2.45) is 0 Å². The molecule has 0 unspecified atom stereocenters. The summed E-state index contributed by atoms with van der Waals surface area (Å²) in [4.78, 5) is 2.36. The highest BCUT2D eigenvalue weighted by Crippen LogP contribution is 2.24. The first kappa shape index (κ1) is 16.0. The monoisotopic (exact) mass is 235 g/mol. The van der Waals surface area contributed by atoms with Crippen molar-refractivity contribution in [2.75, 3.05) is 18.5 Å². The van der Waals surface area contributed by atoms with Crippen molar-refractivity contribution in [1.82, 2.24) is 0 Å². The van der Waals surface area contributed by atoms with Crippen LogP contribution in [0.4, 0.5) is 5.69 Å². The molecule has 0 fully saturated rings. The van der Waals surface area contributed by atoms with E-state index in [4.69, 9.17) is 0 Å². The lowest BCUT2D eigenvalue weighted by Crippen LogP contribution is -2.17. The molecule has 0 radical (unpaired) electrons. The number of rotatable bonds is 0. The van der Waals surface area contributed by atoms with Crippen molar-refractivity contribution in [3.05, 3.63) is 29.8 Å². The van der Waals surface area contributed by atoms with Crippen LogP contribution < -0.4 is 4.90 Å². The summed E-state index contributed by atoms with van der Waals surface area (Å²) < 4.78 is 0. The molecule has 0 bridgehead atoms. The zero-order chi connectivity index (χ0) is 13.1. The normalized spacial score (nSPS) is 13.4. The molecule has 1 nitrogen and oxygen atoms in total. The fraction of sp³-hybridized carbons (Fsp3) is 0.625. The summed E-state index contributed by atoms with van der Waals surface area (Å²) in [7, 11) is 2.18. The van der Waals surface area contributed by atoms with Crippen molar-refractivity contribution in [3.8, 4) is 0 Å². The van der Waals surface area contributed by atoms with E-state index in [0.29, 0.717) is 0 Å². The van der Waals surface area contributed by atoms with E-state index in [9.17, 15) is 0 Å². The zero-order valence-corrected chi connectivity index (χ0v) is 12.3. The molecule has 1 aromatic carbocycles. The molecular weight excluding hydrogens is 206 g/mol. The van der Waals surface area contributed by atoms with Gasteiger partial charge in [-0.25, -0.2) is 0 Å². The minimum Gasteiger partial charge on any atom is -0.374 e. The summed E-state index contributed by atoms with van der Waals surface area (Å²) in [6.45, 7) is 9.46. The first-order chi connectivity index (χ1) is 8.29. The van der Waals surface area contributed by atoms with Crippen molar-refractivity contribution in [1.29, 1.82) is 0 Å². The predicted octanol–water partition coefficient (Wildman–Crippen LogP) is 4.90. The number of nitrogens with zero attached hydrogens (tertiary/aromatic N) is 1. The molecule has 0 aliphatic carbocycles. The molecule has 17 heavy (non-hydrogen) atoms. The molecule has 1 aliphatic heterocycles. The van der Waals surface area contributed by atoms with Gasteiger partial charge in [-0.05, 0) is 30.9 Å². The Labute approximate surface area is 108 Å². The van der Waals surface area contributed by atoms with Crippen LogP contribution >= 0.6 is 0 Å². The number of fused-ring (bicyclic) bond motifs is 1. The first-order valence-electron chi connectivity index (χ1n) is 7.08. The average molecular weight is 235 g/mol. The standard InChI is InChI=1S/C11H15N.C3H8.C2H6/c1-12-9-5-4-7-10-6-2-3-8-11(10)12;1-3-2;1-2/h2-3,6,8H,4-5,7,9H2,1H3;3H2,1-2H3;1-2H3. The average Bonchev–Trinajstić information content (AvgIpc) is 2.56. The molecule has 1 heterocycles. The van der Waals surface area contributed by atoms with Gasteiger partial charge in [-0.15, -0.1) is 0 Å². The topological polar surface area (TPSA) is 3.24 Å². The molecule has 1 heteroatoms. The molecule has 2 rings (SSSR count). The van der Waals surface area contributed by atoms with E-state index in [1.165, 1.54) is 43.5 Å². The Balaban J connectivity index is 0.000000450. The van der Waals surface area contributed by atoms with E-state index in [2.05, 4.69) is 50.1 Å². The van der Waals surface area contributed by atoms with E-state index < -0.39 is 0 Å². The third kappa shape index (κ3) is 5.76. The van der Waals surface area contributed by atoms with Crippen LogP contribution in [0.5, 0.6) is 0 Å². The van der Waals surface area contributed by atoms with Crippen LogP contribution in [0.2, 0.25) is 0 Å². The molecular formula is C16H29N. The number of hydrogen-bond acceptors (Lipinski definition) is 1. The molecule has 0 N–H and O–H groups in total. The molecule has 0 saturated heterocycles. The van der Waals surface area contributed by atoms with E-state index >= 15 is 0 Å². The number of aryl methyl sites for hydroxylation is 1. The van der Waals surface area contributed by atoms with Gasteiger partial charge in [0, 0.05) is 19.3 Å². The lowest BCUT2D eigenvalue weighted by Gasteiger charge is -2.18. The number of para-hydroxylation sites is 1. The number of hydrogen-bond donors (Lipinski definition) is 0. The molecule has 0 atom stereocenters. The smallest absolute Gasteiger partial charge is 0.0396 e. The van der Waals surface area contributed by atoms with Gasteiger partial charge in [0.1, 0.15) is 0 Å². The third-order valence-electron chi connectivity index (χ3n) is 2.59. The summed E-state index contributed by atoms with van der Waals surface area (Å²) in [6, 6.07) is 8.73. The Hall–Kier alpha value is -0.980. The van der Waals surface area contributed by atoms with Crippen LogP contribution in [-0.4, -0.2) is 13.6 Å². The van der Waals surface area contributed by atoms with Crippen molar-refractivity contribution in [3.63, 3.8) is 0 Å². The summed E-state index contributed by atoms with van der Waals surface area (Å²) in [5, 5.41) is 0. The Morgan fingerprint density at radius 3 is 2.29 bits per heavy atom. The maximum absolute atomic E-state index is 2.36. The Kier molecular flexibility index (Phi) is 9.60. The fourth-order valence-corrected chi connectivity index (χ4v) is 1.88. The van der Waals surface area contributed by atoms with Crippen molar-refractivity contribution >= 4 is 5.69 Å². The summed E-state index contributed by atoms with van der Waals surface area (Å²) >= 11 is 0. The summed E-state index contributed by atoms with van der Waals surface area (Å²) in [5.74, 6) is 0. The van der Waals surface area contributed by atoms with E-state index in [-0.39, 0.29) is 0 Å².